The lowest BCUT2D eigenvalue weighted by Gasteiger charge is -2.39. The smallest absolute Gasteiger partial charge is 0.127 e. The number of hydrogen-bond donors (Lipinski definition) is 1. The Bertz CT molecular complexity index is 485. The monoisotopic (exact) mass is 249 g/mol. The molecular formula is C15H20FNO. The Labute approximate surface area is 107 Å². The molecule has 3 heteroatoms. The molecule has 1 heterocycles. The second-order valence-corrected chi connectivity index (χ2v) is 6.62. The first kappa shape index (κ1) is 12.0. The van der Waals surface area contributed by atoms with E-state index < -0.39 is 0 Å². The average molecular weight is 249 g/mol. The molecule has 0 aromatic heterocycles. The topological polar surface area (TPSA) is 35.2 Å². The van der Waals surface area contributed by atoms with Gasteiger partial charge in [0.25, 0.3) is 0 Å². The summed E-state index contributed by atoms with van der Waals surface area (Å²) >= 11 is 0. The molecule has 1 fully saturated rings. The molecule has 2 atom stereocenters. The van der Waals surface area contributed by atoms with Gasteiger partial charge in [-0.05, 0) is 30.7 Å². The van der Waals surface area contributed by atoms with Gasteiger partial charge in [0, 0.05) is 24.1 Å². The van der Waals surface area contributed by atoms with E-state index in [0.717, 1.165) is 31.2 Å². The van der Waals surface area contributed by atoms with Crippen molar-refractivity contribution >= 4 is 0 Å². The molecule has 1 aromatic rings. The van der Waals surface area contributed by atoms with Gasteiger partial charge in [0.15, 0.2) is 0 Å². The summed E-state index contributed by atoms with van der Waals surface area (Å²) in [6.07, 6.45) is 4.01. The minimum absolute atomic E-state index is 0.0387. The third-order valence-corrected chi connectivity index (χ3v) is 4.35. The third-order valence-electron chi connectivity index (χ3n) is 4.35. The van der Waals surface area contributed by atoms with Crippen molar-refractivity contribution in [1.29, 1.82) is 0 Å². The van der Waals surface area contributed by atoms with E-state index in [-0.39, 0.29) is 17.5 Å². The van der Waals surface area contributed by atoms with Gasteiger partial charge >= 0.3 is 0 Å². The highest BCUT2D eigenvalue weighted by molar-refractivity contribution is 5.39. The number of fused-ring (bicyclic) bond motifs is 1. The van der Waals surface area contributed by atoms with Gasteiger partial charge in [0.2, 0.25) is 0 Å². The van der Waals surface area contributed by atoms with Crippen LogP contribution in [0.4, 0.5) is 4.39 Å². The summed E-state index contributed by atoms with van der Waals surface area (Å²) in [5.41, 5.74) is 7.29. The molecule has 0 bridgehead atoms. The number of halogens is 1. The van der Waals surface area contributed by atoms with Gasteiger partial charge in [-0.3, -0.25) is 0 Å². The summed E-state index contributed by atoms with van der Waals surface area (Å²) in [6.45, 7) is 4.52. The standard InChI is InChI=1S/C15H20FNO/c1-14(2)5-6-15(9-14)8-12(17)11-4-3-10(16)7-13(11)18-15/h3-4,7,12H,5-6,8-9,17H2,1-2H3. The van der Waals surface area contributed by atoms with Crippen LogP contribution in [0.2, 0.25) is 0 Å². The van der Waals surface area contributed by atoms with Crippen LogP contribution in [-0.4, -0.2) is 5.60 Å². The summed E-state index contributed by atoms with van der Waals surface area (Å²) in [4.78, 5) is 0. The SMILES string of the molecule is CC1(C)CCC2(CC(N)c3ccc(F)cc3O2)C1. The number of hydrogen-bond acceptors (Lipinski definition) is 2. The lowest BCUT2D eigenvalue weighted by Crippen LogP contribution is -2.41. The molecule has 2 nitrogen and oxygen atoms in total. The summed E-state index contributed by atoms with van der Waals surface area (Å²) in [7, 11) is 0. The molecule has 2 unspecified atom stereocenters. The Hall–Kier alpha value is -1.09. The maximum absolute atomic E-state index is 13.3. The van der Waals surface area contributed by atoms with E-state index in [0.29, 0.717) is 11.2 Å². The zero-order valence-corrected chi connectivity index (χ0v) is 11.0. The highest BCUT2D eigenvalue weighted by atomic mass is 19.1. The lowest BCUT2D eigenvalue weighted by atomic mass is 9.83. The Morgan fingerprint density at radius 2 is 2.11 bits per heavy atom. The predicted molar refractivity (Wildman–Crippen MR) is 68.9 cm³/mol. The maximum atomic E-state index is 13.3. The zero-order valence-electron chi connectivity index (χ0n) is 11.0. The molecule has 18 heavy (non-hydrogen) atoms. The fourth-order valence-corrected chi connectivity index (χ4v) is 3.57. The van der Waals surface area contributed by atoms with E-state index in [1.807, 2.05) is 0 Å². The highest BCUT2D eigenvalue weighted by Gasteiger charge is 2.48. The molecule has 1 aliphatic heterocycles. The third kappa shape index (κ3) is 1.91. The molecule has 2 N–H and O–H groups in total. The maximum Gasteiger partial charge on any atom is 0.127 e. The van der Waals surface area contributed by atoms with E-state index in [1.54, 1.807) is 6.07 Å². The number of nitrogens with two attached hydrogens (primary N) is 1. The van der Waals surface area contributed by atoms with Gasteiger partial charge in [-0.1, -0.05) is 19.9 Å². The van der Waals surface area contributed by atoms with Crippen molar-refractivity contribution in [3.8, 4) is 5.75 Å². The number of ether oxygens (including phenoxy) is 1. The minimum atomic E-state index is -0.254. The molecule has 98 valence electrons. The summed E-state index contributed by atoms with van der Waals surface area (Å²) in [6, 6.07) is 4.64. The van der Waals surface area contributed by atoms with Crippen molar-refractivity contribution in [2.75, 3.05) is 0 Å². The molecule has 0 radical (unpaired) electrons. The van der Waals surface area contributed by atoms with Crippen molar-refractivity contribution in [1.82, 2.24) is 0 Å². The van der Waals surface area contributed by atoms with Crippen molar-refractivity contribution < 1.29 is 9.13 Å². The normalized spacial score (nSPS) is 33.2. The van der Waals surface area contributed by atoms with Gasteiger partial charge < -0.3 is 10.5 Å². The Morgan fingerprint density at radius 3 is 2.78 bits per heavy atom. The van der Waals surface area contributed by atoms with Crippen molar-refractivity contribution in [2.24, 2.45) is 11.1 Å². The molecular weight excluding hydrogens is 229 g/mol. The van der Waals surface area contributed by atoms with E-state index >= 15 is 0 Å². The highest BCUT2D eigenvalue weighted by Crippen LogP contribution is 2.52. The first-order chi connectivity index (χ1) is 8.39. The van der Waals surface area contributed by atoms with Crippen molar-refractivity contribution in [2.45, 2.75) is 51.2 Å². The molecule has 3 rings (SSSR count). The molecule has 1 spiro atoms. The molecule has 0 amide bonds. The fraction of sp³-hybridized carbons (Fsp3) is 0.600. The van der Waals surface area contributed by atoms with Crippen LogP contribution in [0.15, 0.2) is 18.2 Å². The van der Waals surface area contributed by atoms with Crippen LogP contribution < -0.4 is 10.5 Å². The van der Waals surface area contributed by atoms with E-state index in [9.17, 15) is 4.39 Å². The lowest BCUT2D eigenvalue weighted by molar-refractivity contribution is 0.0328. The van der Waals surface area contributed by atoms with E-state index in [1.165, 1.54) is 12.1 Å². The van der Waals surface area contributed by atoms with Gasteiger partial charge in [-0.25, -0.2) is 4.39 Å². The first-order valence-electron chi connectivity index (χ1n) is 6.63. The Balaban J connectivity index is 1.96. The fourth-order valence-electron chi connectivity index (χ4n) is 3.57. The van der Waals surface area contributed by atoms with Gasteiger partial charge in [-0.15, -0.1) is 0 Å². The van der Waals surface area contributed by atoms with Gasteiger partial charge in [0.1, 0.15) is 17.2 Å². The Kier molecular flexibility index (Phi) is 2.46. The molecule has 1 saturated carbocycles. The average Bonchev–Trinajstić information content (AvgIpc) is 2.53. The van der Waals surface area contributed by atoms with Crippen LogP contribution in [0.5, 0.6) is 5.75 Å². The molecule has 2 aliphatic rings. The van der Waals surface area contributed by atoms with Crippen LogP contribution in [0.3, 0.4) is 0 Å². The number of benzene rings is 1. The van der Waals surface area contributed by atoms with Crippen LogP contribution in [-0.2, 0) is 0 Å². The van der Waals surface area contributed by atoms with E-state index in [2.05, 4.69) is 13.8 Å². The minimum Gasteiger partial charge on any atom is -0.487 e. The largest absolute Gasteiger partial charge is 0.487 e. The van der Waals surface area contributed by atoms with Gasteiger partial charge in [-0.2, -0.15) is 0 Å². The van der Waals surface area contributed by atoms with Crippen LogP contribution in [0.1, 0.15) is 51.1 Å². The molecule has 1 aliphatic carbocycles. The first-order valence-corrected chi connectivity index (χ1v) is 6.63. The van der Waals surface area contributed by atoms with Crippen LogP contribution >= 0.6 is 0 Å². The van der Waals surface area contributed by atoms with E-state index in [4.69, 9.17) is 10.5 Å². The van der Waals surface area contributed by atoms with Gasteiger partial charge in [0.05, 0.1) is 0 Å². The number of rotatable bonds is 0. The zero-order chi connectivity index (χ0) is 13.0. The van der Waals surface area contributed by atoms with Crippen molar-refractivity contribution in [3.05, 3.63) is 29.6 Å². The van der Waals surface area contributed by atoms with Crippen LogP contribution in [0.25, 0.3) is 0 Å². The predicted octanol–water partition coefficient (Wildman–Crippen LogP) is 3.56. The van der Waals surface area contributed by atoms with Crippen LogP contribution in [0, 0.1) is 11.2 Å². The summed E-state index contributed by atoms with van der Waals surface area (Å²) in [5, 5.41) is 0. The Morgan fingerprint density at radius 1 is 1.33 bits per heavy atom. The summed E-state index contributed by atoms with van der Waals surface area (Å²) < 4.78 is 19.5. The second-order valence-electron chi connectivity index (χ2n) is 6.62. The summed E-state index contributed by atoms with van der Waals surface area (Å²) in [5.74, 6) is 0.390. The molecule has 0 saturated heterocycles. The quantitative estimate of drug-likeness (QED) is 0.763. The molecule has 1 aromatic carbocycles. The second kappa shape index (κ2) is 3.70. The van der Waals surface area contributed by atoms with Crippen molar-refractivity contribution in [3.63, 3.8) is 0 Å².